The third kappa shape index (κ3) is 3.90. The highest BCUT2D eigenvalue weighted by Crippen LogP contribution is 2.38. The minimum absolute atomic E-state index is 0.610. The lowest BCUT2D eigenvalue weighted by atomic mass is 10.2. The molecule has 3 heterocycles. The number of likely N-dealkylation sites (tertiary alicyclic amines) is 1. The number of aromatic nitrogens is 4. The van der Waals surface area contributed by atoms with Crippen LogP contribution in [0.2, 0.25) is 0 Å². The highest BCUT2D eigenvalue weighted by molar-refractivity contribution is 5.10. The number of hydrogen-bond donors (Lipinski definition) is 0. The topological polar surface area (TPSA) is 50.1 Å². The Bertz CT molecular complexity index is 693. The standard InChI is InChI=1S/C19H28N6/c1-23(14-18-21-22-19(24(18)2)16-3-4-16)17-8-12-25(13-17)11-7-15-5-9-20-10-6-15/h5-6,9-10,16-17H,3-4,7-8,11-14H2,1-2H3/t17-/m1/s1. The lowest BCUT2D eigenvalue weighted by Crippen LogP contribution is -2.35. The van der Waals surface area contributed by atoms with Crippen molar-refractivity contribution in [1.82, 2.24) is 29.5 Å². The molecule has 0 bridgehead atoms. The van der Waals surface area contributed by atoms with Crippen molar-refractivity contribution in [3.63, 3.8) is 0 Å². The predicted molar refractivity (Wildman–Crippen MR) is 97.2 cm³/mol. The Balaban J connectivity index is 1.27. The summed E-state index contributed by atoms with van der Waals surface area (Å²) in [7, 11) is 4.34. The van der Waals surface area contributed by atoms with E-state index in [9.17, 15) is 0 Å². The molecule has 6 heteroatoms. The van der Waals surface area contributed by atoms with Crippen molar-refractivity contribution in [3.8, 4) is 0 Å². The van der Waals surface area contributed by atoms with Crippen molar-refractivity contribution < 1.29 is 0 Å². The highest BCUT2D eigenvalue weighted by Gasteiger charge is 2.30. The van der Waals surface area contributed by atoms with Gasteiger partial charge in [-0.1, -0.05) is 0 Å². The summed E-state index contributed by atoms with van der Waals surface area (Å²) >= 11 is 0. The zero-order chi connectivity index (χ0) is 17.2. The van der Waals surface area contributed by atoms with Crippen molar-refractivity contribution in [2.45, 2.75) is 44.2 Å². The van der Waals surface area contributed by atoms with Crippen molar-refractivity contribution in [1.29, 1.82) is 0 Å². The Morgan fingerprint density at radius 3 is 2.72 bits per heavy atom. The maximum Gasteiger partial charge on any atom is 0.146 e. The summed E-state index contributed by atoms with van der Waals surface area (Å²) in [5.41, 5.74) is 1.37. The highest BCUT2D eigenvalue weighted by atomic mass is 15.3. The Labute approximate surface area is 149 Å². The van der Waals surface area contributed by atoms with E-state index in [1.165, 1.54) is 37.2 Å². The first-order valence-corrected chi connectivity index (χ1v) is 9.40. The molecule has 4 rings (SSSR count). The van der Waals surface area contributed by atoms with E-state index in [2.05, 4.69) is 55.8 Å². The second-order valence-electron chi connectivity index (χ2n) is 7.57. The molecule has 2 aliphatic rings. The van der Waals surface area contributed by atoms with Gasteiger partial charge in [-0.2, -0.15) is 0 Å². The molecular weight excluding hydrogens is 312 g/mol. The number of hydrogen-bond acceptors (Lipinski definition) is 5. The van der Waals surface area contributed by atoms with E-state index in [4.69, 9.17) is 0 Å². The van der Waals surface area contributed by atoms with Gasteiger partial charge in [0.25, 0.3) is 0 Å². The Morgan fingerprint density at radius 1 is 1.16 bits per heavy atom. The van der Waals surface area contributed by atoms with Crippen LogP contribution in [0.4, 0.5) is 0 Å². The molecule has 0 amide bonds. The van der Waals surface area contributed by atoms with Crippen LogP contribution in [0.5, 0.6) is 0 Å². The first kappa shape index (κ1) is 16.7. The zero-order valence-corrected chi connectivity index (χ0v) is 15.3. The summed E-state index contributed by atoms with van der Waals surface area (Å²) in [5, 5.41) is 8.84. The summed E-state index contributed by atoms with van der Waals surface area (Å²) in [4.78, 5) is 9.12. The van der Waals surface area contributed by atoms with Crippen LogP contribution in [0.3, 0.4) is 0 Å². The molecule has 1 saturated carbocycles. The Kier molecular flexibility index (Phi) is 4.81. The minimum Gasteiger partial charge on any atom is -0.317 e. The van der Waals surface area contributed by atoms with E-state index < -0.39 is 0 Å². The van der Waals surface area contributed by atoms with E-state index in [0.717, 1.165) is 31.9 Å². The lowest BCUT2D eigenvalue weighted by Gasteiger charge is -2.24. The quantitative estimate of drug-likeness (QED) is 0.770. The largest absolute Gasteiger partial charge is 0.317 e. The molecule has 2 aromatic heterocycles. The molecule has 25 heavy (non-hydrogen) atoms. The van der Waals surface area contributed by atoms with Gasteiger partial charge in [-0.15, -0.1) is 10.2 Å². The van der Waals surface area contributed by atoms with Gasteiger partial charge in [0, 0.05) is 44.5 Å². The monoisotopic (exact) mass is 340 g/mol. The van der Waals surface area contributed by atoms with Gasteiger partial charge >= 0.3 is 0 Å². The fourth-order valence-electron chi connectivity index (χ4n) is 3.77. The average Bonchev–Trinajstić information content (AvgIpc) is 3.25. The second-order valence-corrected chi connectivity index (χ2v) is 7.57. The van der Waals surface area contributed by atoms with Crippen LogP contribution in [0, 0.1) is 0 Å². The Morgan fingerprint density at radius 2 is 1.96 bits per heavy atom. The van der Waals surface area contributed by atoms with Gasteiger partial charge in [0.15, 0.2) is 0 Å². The van der Waals surface area contributed by atoms with E-state index in [0.29, 0.717) is 12.0 Å². The van der Waals surface area contributed by atoms with Crippen LogP contribution in [0.25, 0.3) is 0 Å². The normalized spacial score (nSPS) is 21.3. The fourth-order valence-corrected chi connectivity index (χ4v) is 3.77. The van der Waals surface area contributed by atoms with Crippen molar-refractivity contribution in [2.24, 2.45) is 7.05 Å². The number of pyridine rings is 1. The zero-order valence-electron chi connectivity index (χ0n) is 15.3. The molecule has 1 atom stereocenters. The third-order valence-electron chi connectivity index (χ3n) is 5.67. The van der Waals surface area contributed by atoms with Gasteiger partial charge in [0.05, 0.1) is 6.54 Å². The summed E-state index contributed by atoms with van der Waals surface area (Å²) in [5.74, 6) is 2.93. The maximum absolute atomic E-state index is 4.44. The van der Waals surface area contributed by atoms with Gasteiger partial charge in [0.2, 0.25) is 0 Å². The van der Waals surface area contributed by atoms with Crippen molar-refractivity contribution in [2.75, 3.05) is 26.7 Å². The first-order valence-electron chi connectivity index (χ1n) is 9.40. The van der Waals surface area contributed by atoms with E-state index in [1.54, 1.807) is 0 Å². The third-order valence-corrected chi connectivity index (χ3v) is 5.67. The first-order chi connectivity index (χ1) is 12.2. The molecule has 1 aliphatic carbocycles. The van der Waals surface area contributed by atoms with Crippen LogP contribution in [0.15, 0.2) is 24.5 Å². The molecule has 134 valence electrons. The average molecular weight is 340 g/mol. The minimum atomic E-state index is 0.610. The van der Waals surface area contributed by atoms with E-state index in [-0.39, 0.29) is 0 Å². The van der Waals surface area contributed by atoms with Gasteiger partial charge < -0.3 is 9.47 Å². The molecule has 0 unspecified atom stereocenters. The molecule has 0 N–H and O–H groups in total. The summed E-state index contributed by atoms with van der Waals surface area (Å²) in [6, 6.07) is 4.84. The molecule has 0 radical (unpaired) electrons. The van der Waals surface area contributed by atoms with Gasteiger partial charge in [-0.25, -0.2) is 0 Å². The van der Waals surface area contributed by atoms with Gasteiger partial charge in [-0.3, -0.25) is 9.88 Å². The molecular formula is C19H28N6. The van der Waals surface area contributed by atoms with Crippen LogP contribution in [-0.2, 0) is 20.0 Å². The van der Waals surface area contributed by atoms with Crippen LogP contribution in [0.1, 0.15) is 42.4 Å². The van der Waals surface area contributed by atoms with Gasteiger partial charge in [0.1, 0.15) is 11.6 Å². The maximum atomic E-state index is 4.44. The second kappa shape index (κ2) is 7.22. The van der Waals surface area contributed by atoms with Crippen LogP contribution in [-0.4, -0.2) is 62.3 Å². The van der Waals surface area contributed by atoms with Crippen LogP contribution >= 0.6 is 0 Å². The smallest absolute Gasteiger partial charge is 0.146 e. The van der Waals surface area contributed by atoms with E-state index in [1.807, 2.05) is 12.4 Å². The molecule has 2 fully saturated rings. The molecule has 1 aliphatic heterocycles. The number of likely N-dealkylation sites (N-methyl/N-ethyl adjacent to an activating group) is 1. The number of nitrogens with zero attached hydrogens (tertiary/aromatic N) is 6. The van der Waals surface area contributed by atoms with Gasteiger partial charge in [-0.05, 0) is 57.0 Å². The molecule has 6 nitrogen and oxygen atoms in total. The van der Waals surface area contributed by atoms with Crippen molar-refractivity contribution >= 4 is 0 Å². The summed E-state index contributed by atoms with van der Waals surface area (Å²) < 4.78 is 2.21. The fraction of sp³-hybridized carbons (Fsp3) is 0.632. The SMILES string of the molecule is CN(Cc1nnc(C2CC2)n1C)[C@@H]1CCN(CCc2ccncc2)C1. The molecule has 0 aromatic carbocycles. The summed E-state index contributed by atoms with van der Waals surface area (Å²) in [6.07, 6.45) is 8.65. The lowest BCUT2D eigenvalue weighted by molar-refractivity contribution is 0.219. The predicted octanol–water partition coefficient (Wildman–Crippen LogP) is 1.84. The molecule has 0 spiro atoms. The summed E-state index contributed by atoms with van der Waals surface area (Å²) in [6.45, 7) is 4.35. The Hall–Kier alpha value is -1.79. The molecule has 2 aromatic rings. The molecule has 1 saturated heterocycles. The van der Waals surface area contributed by atoms with Crippen LogP contribution < -0.4 is 0 Å². The van der Waals surface area contributed by atoms with E-state index >= 15 is 0 Å². The number of rotatable bonds is 7. The van der Waals surface area contributed by atoms with Crippen molar-refractivity contribution in [3.05, 3.63) is 41.7 Å².